The molecule has 2 aliphatic heterocycles. The van der Waals surface area contributed by atoms with Crippen LogP contribution in [0.2, 0.25) is 0 Å². The molecule has 3 amide bonds. The zero-order valence-corrected chi connectivity index (χ0v) is 23.9. The second-order valence-corrected chi connectivity index (χ2v) is 10.5. The Bertz CT molecular complexity index is 1410. The molecule has 3 heterocycles. The normalized spacial score (nSPS) is 19.6. The third-order valence-corrected chi connectivity index (χ3v) is 7.02. The summed E-state index contributed by atoms with van der Waals surface area (Å²) < 4.78 is 18.4. The van der Waals surface area contributed by atoms with Crippen LogP contribution in [-0.2, 0) is 27.5 Å². The van der Waals surface area contributed by atoms with Gasteiger partial charge in [-0.25, -0.2) is 0 Å². The fourth-order valence-electron chi connectivity index (χ4n) is 5.05. The Morgan fingerprint density at radius 3 is 2.79 bits per heavy atom. The molecule has 5 rings (SSSR count). The van der Waals surface area contributed by atoms with Crippen molar-refractivity contribution in [3.8, 4) is 17.2 Å². The summed E-state index contributed by atoms with van der Waals surface area (Å²) in [6.07, 6.45) is 1.31. The molecule has 4 bridgehead atoms. The van der Waals surface area contributed by atoms with Gasteiger partial charge >= 0.3 is 0 Å². The smallest absolute Gasteiger partial charge is 0.254 e. The van der Waals surface area contributed by atoms with Crippen molar-refractivity contribution < 1.29 is 28.6 Å². The van der Waals surface area contributed by atoms with Crippen LogP contribution >= 0.6 is 0 Å². The number of fused-ring (bicyclic) bond motifs is 5. The lowest BCUT2D eigenvalue weighted by molar-refractivity contribution is -0.138. The quantitative estimate of drug-likeness (QED) is 0.482. The molecule has 13 nitrogen and oxygen atoms in total. The number of amides is 3. The van der Waals surface area contributed by atoms with E-state index in [0.29, 0.717) is 42.3 Å². The predicted octanol–water partition coefficient (Wildman–Crippen LogP) is 2.03. The number of carbonyl (C=O) groups excluding carboxylic acids is 3. The van der Waals surface area contributed by atoms with Gasteiger partial charge in [-0.1, -0.05) is 12.1 Å². The van der Waals surface area contributed by atoms with Gasteiger partial charge in [0, 0.05) is 31.3 Å². The van der Waals surface area contributed by atoms with E-state index in [-0.39, 0.29) is 56.2 Å². The number of hydrogen-bond donors (Lipinski definition) is 1. The van der Waals surface area contributed by atoms with E-state index in [1.807, 2.05) is 45.0 Å². The van der Waals surface area contributed by atoms with E-state index >= 15 is 0 Å². The number of piperidine rings is 1. The Morgan fingerprint density at radius 1 is 1.17 bits per heavy atom. The average Bonchev–Trinajstić information content (AvgIpc) is 3.47. The minimum Gasteiger partial charge on any atom is -0.491 e. The van der Waals surface area contributed by atoms with E-state index < -0.39 is 6.04 Å². The third kappa shape index (κ3) is 7.21. The van der Waals surface area contributed by atoms with Crippen LogP contribution in [0.25, 0.3) is 0 Å². The maximum Gasteiger partial charge on any atom is 0.254 e. The molecule has 13 heteroatoms. The van der Waals surface area contributed by atoms with Gasteiger partial charge < -0.3 is 29.3 Å². The fourth-order valence-corrected chi connectivity index (χ4v) is 5.05. The molecule has 42 heavy (non-hydrogen) atoms. The van der Waals surface area contributed by atoms with Crippen LogP contribution in [0.3, 0.4) is 0 Å². The first kappa shape index (κ1) is 29.0. The van der Waals surface area contributed by atoms with Crippen LogP contribution < -0.4 is 14.8 Å². The molecule has 0 saturated carbocycles. The standard InChI is InChI=1S/C29H35N7O6/c1-4-34-15-27(37)32-25-14-35(28(38)16-36-31-18-30-33-36)9-8-26(25)40-17-20-6-5-7-22(10-20)42-24-12-21(29(34)39)11-23(13-24)41-19(2)3/h5-7,10-13,18-19,25-26H,4,8-9,14-17H2,1-3H3,(H,32,37)/t25-,26-/m0/s1. The number of carbonyl (C=O) groups is 3. The van der Waals surface area contributed by atoms with Gasteiger partial charge in [0.15, 0.2) is 6.33 Å². The van der Waals surface area contributed by atoms with Crippen molar-refractivity contribution in [2.75, 3.05) is 26.2 Å². The molecule has 0 unspecified atom stereocenters. The van der Waals surface area contributed by atoms with Crippen molar-refractivity contribution in [2.45, 2.75) is 58.6 Å². The maximum absolute atomic E-state index is 13.6. The minimum atomic E-state index is -0.491. The molecule has 1 aromatic heterocycles. The third-order valence-electron chi connectivity index (χ3n) is 7.02. The van der Waals surface area contributed by atoms with E-state index in [1.165, 1.54) is 16.0 Å². The lowest BCUT2D eigenvalue weighted by Crippen LogP contribution is -2.58. The molecular weight excluding hydrogens is 542 g/mol. The number of nitrogens with one attached hydrogen (secondary N) is 1. The summed E-state index contributed by atoms with van der Waals surface area (Å²) in [6, 6.07) is 12.1. The van der Waals surface area contributed by atoms with E-state index in [0.717, 1.165) is 5.56 Å². The molecule has 0 radical (unpaired) electrons. The van der Waals surface area contributed by atoms with E-state index in [9.17, 15) is 14.4 Å². The highest BCUT2D eigenvalue weighted by atomic mass is 16.5. The van der Waals surface area contributed by atoms with Crippen molar-refractivity contribution >= 4 is 17.7 Å². The monoisotopic (exact) mass is 577 g/mol. The average molecular weight is 578 g/mol. The van der Waals surface area contributed by atoms with Gasteiger partial charge in [0.05, 0.1) is 31.4 Å². The van der Waals surface area contributed by atoms with Crippen molar-refractivity contribution in [3.63, 3.8) is 0 Å². The van der Waals surface area contributed by atoms with Crippen LogP contribution in [0, 0.1) is 0 Å². The summed E-state index contributed by atoms with van der Waals surface area (Å²) >= 11 is 0. The first-order valence-electron chi connectivity index (χ1n) is 14.0. The Labute approximate surface area is 243 Å². The van der Waals surface area contributed by atoms with E-state index in [2.05, 4.69) is 20.7 Å². The van der Waals surface area contributed by atoms with E-state index in [1.54, 1.807) is 23.1 Å². The molecule has 1 saturated heterocycles. The van der Waals surface area contributed by atoms with Gasteiger partial charge in [0.2, 0.25) is 11.8 Å². The SMILES string of the molecule is CCN1CC(=O)N[C@H]2CN(C(=O)Cn3ncnn3)CC[C@@H]2OCc2cccc(c2)Oc2cc(OC(C)C)cc(c2)C1=O. The number of ether oxygens (including phenoxy) is 3. The van der Waals surface area contributed by atoms with Crippen molar-refractivity contribution in [3.05, 3.63) is 59.9 Å². The van der Waals surface area contributed by atoms with Gasteiger partial charge in [-0.15, -0.1) is 10.2 Å². The van der Waals surface area contributed by atoms with Crippen LogP contribution in [0.1, 0.15) is 43.1 Å². The number of likely N-dealkylation sites (N-methyl/N-ethyl adjacent to an activating group) is 1. The summed E-state index contributed by atoms with van der Waals surface area (Å²) in [5.41, 5.74) is 1.22. The first-order chi connectivity index (χ1) is 20.3. The van der Waals surface area contributed by atoms with Crippen LogP contribution in [0.5, 0.6) is 17.2 Å². The number of nitrogens with zero attached hydrogens (tertiary/aromatic N) is 6. The fraction of sp³-hybridized carbons (Fsp3) is 0.448. The Kier molecular flexibility index (Phi) is 8.96. The van der Waals surface area contributed by atoms with Gasteiger partial charge in [-0.2, -0.15) is 4.80 Å². The van der Waals surface area contributed by atoms with Gasteiger partial charge in [-0.05, 0) is 62.2 Å². The molecule has 0 aliphatic carbocycles. The summed E-state index contributed by atoms with van der Waals surface area (Å²) in [5, 5.41) is 14.3. The summed E-state index contributed by atoms with van der Waals surface area (Å²) in [7, 11) is 0. The number of benzene rings is 2. The Balaban J connectivity index is 1.42. The number of likely N-dealkylation sites (tertiary alicyclic amines) is 1. The number of rotatable bonds is 5. The molecule has 3 aromatic rings. The summed E-state index contributed by atoms with van der Waals surface area (Å²) in [6.45, 7) is 6.67. The summed E-state index contributed by atoms with van der Waals surface area (Å²) in [4.78, 5) is 44.2. The first-order valence-corrected chi connectivity index (χ1v) is 14.0. The maximum atomic E-state index is 13.6. The number of hydrogen-bond acceptors (Lipinski definition) is 9. The van der Waals surface area contributed by atoms with E-state index in [4.69, 9.17) is 14.2 Å². The molecule has 2 aromatic carbocycles. The Hall–Kier alpha value is -4.52. The summed E-state index contributed by atoms with van der Waals surface area (Å²) in [5.74, 6) is 0.644. The van der Waals surface area contributed by atoms with Crippen LogP contribution in [0.15, 0.2) is 48.8 Å². The molecule has 222 valence electrons. The second kappa shape index (κ2) is 13.0. The highest BCUT2D eigenvalue weighted by Gasteiger charge is 2.34. The highest BCUT2D eigenvalue weighted by Crippen LogP contribution is 2.30. The minimum absolute atomic E-state index is 0.0569. The number of tetrazole rings is 1. The van der Waals surface area contributed by atoms with Crippen LogP contribution in [-0.4, -0.2) is 92.2 Å². The van der Waals surface area contributed by atoms with Gasteiger partial charge in [0.1, 0.15) is 23.8 Å². The van der Waals surface area contributed by atoms with Crippen molar-refractivity contribution in [2.24, 2.45) is 0 Å². The molecule has 0 spiro atoms. The Morgan fingerprint density at radius 2 is 2.02 bits per heavy atom. The van der Waals surface area contributed by atoms with Crippen molar-refractivity contribution in [1.82, 2.24) is 35.3 Å². The molecule has 2 aliphatic rings. The van der Waals surface area contributed by atoms with Crippen molar-refractivity contribution in [1.29, 1.82) is 0 Å². The zero-order chi connectivity index (χ0) is 29.6. The number of aromatic nitrogens is 4. The predicted molar refractivity (Wildman–Crippen MR) is 150 cm³/mol. The molecule has 1 N–H and O–H groups in total. The largest absolute Gasteiger partial charge is 0.491 e. The lowest BCUT2D eigenvalue weighted by Gasteiger charge is -2.39. The van der Waals surface area contributed by atoms with Gasteiger partial charge in [0.25, 0.3) is 5.91 Å². The molecular formula is C29H35N7O6. The van der Waals surface area contributed by atoms with Crippen LogP contribution in [0.4, 0.5) is 0 Å². The second-order valence-electron chi connectivity index (χ2n) is 10.5. The molecule has 2 atom stereocenters. The topological polar surface area (TPSA) is 141 Å². The zero-order valence-electron chi connectivity index (χ0n) is 23.9. The van der Waals surface area contributed by atoms with Gasteiger partial charge in [-0.3, -0.25) is 14.4 Å². The lowest BCUT2D eigenvalue weighted by atomic mass is 10.0. The highest BCUT2D eigenvalue weighted by molar-refractivity contribution is 5.97. The molecule has 1 fully saturated rings.